The van der Waals surface area contributed by atoms with E-state index in [0.717, 1.165) is 54.6 Å². The van der Waals surface area contributed by atoms with Crippen LogP contribution < -0.4 is 10.3 Å². The second kappa shape index (κ2) is 11.2. The predicted molar refractivity (Wildman–Crippen MR) is 151 cm³/mol. The molecule has 1 aliphatic rings. The van der Waals surface area contributed by atoms with Crippen LogP contribution in [0.2, 0.25) is 0 Å². The summed E-state index contributed by atoms with van der Waals surface area (Å²) in [5.41, 5.74) is 3.76. The van der Waals surface area contributed by atoms with Crippen molar-refractivity contribution in [3.8, 4) is 5.75 Å². The van der Waals surface area contributed by atoms with Crippen LogP contribution in [-0.4, -0.2) is 50.3 Å². The molecule has 1 atom stereocenters. The van der Waals surface area contributed by atoms with Crippen LogP contribution >= 0.6 is 0 Å². The van der Waals surface area contributed by atoms with E-state index in [4.69, 9.17) is 4.74 Å². The third-order valence-electron chi connectivity index (χ3n) is 7.74. The number of rotatable bonds is 8. The van der Waals surface area contributed by atoms with Crippen LogP contribution in [0.4, 0.5) is 0 Å². The first-order valence-corrected chi connectivity index (χ1v) is 13.5. The van der Waals surface area contributed by atoms with Gasteiger partial charge in [-0.3, -0.25) is 9.69 Å². The molecule has 8 nitrogen and oxygen atoms in total. The molecule has 0 unspecified atom stereocenters. The first kappa shape index (κ1) is 25.0. The molecule has 1 saturated heterocycles. The number of tetrazole rings is 1. The average molecular weight is 521 g/mol. The lowest BCUT2D eigenvalue weighted by Gasteiger charge is -2.37. The van der Waals surface area contributed by atoms with E-state index in [1.165, 1.54) is 5.56 Å². The molecule has 1 fully saturated rings. The van der Waals surface area contributed by atoms with Crippen LogP contribution in [0, 0.1) is 5.92 Å². The summed E-state index contributed by atoms with van der Waals surface area (Å²) in [7, 11) is 1.65. The van der Waals surface area contributed by atoms with Crippen molar-refractivity contribution >= 4 is 10.9 Å². The van der Waals surface area contributed by atoms with Gasteiger partial charge in [0.1, 0.15) is 11.8 Å². The number of piperidine rings is 1. The Kier molecular flexibility index (Phi) is 7.19. The van der Waals surface area contributed by atoms with Gasteiger partial charge in [-0.2, -0.15) is 0 Å². The van der Waals surface area contributed by atoms with Gasteiger partial charge in [-0.1, -0.05) is 60.7 Å². The van der Waals surface area contributed by atoms with Crippen molar-refractivity contribution in [2.45, 2.75) is 31.8 Å². The summed E-state index contributed by atoms with van der Waals surface area (Å²) in [6.07, 6.45) is 3.16. The molecular weight excluding hydrogens is 488 g/mol. The molecule has 0 bridgehead atoms. The van der Waals surface area contributed by atoms with Gasteiger partial charge in [0.25, 0.3) is 5.56 Å². The number of hydrogen-bond donors (Lipinski definition) is 1. The maximum absolute atomic E-state index is 13.6. The van der Waals surface area contributed by atoms with Crippen molar-refractivity contribution in [1.29, 1.82) is 0 Å². The number of fused-ring (bicyclic) bond motifs is 1. The van der Waals surface area contributed by atoms with Gasteiger partial charge in [0.15, 0.2) is 5.82 Å². The predicted octanol–water partition coefficient (Wildman–Crippen LogP) is 4.62. The van der Waals surface area contributed by atoms with Crippen molar-refractivity contribution < 1.29 is 4.74 Å². The quantitative estimate of drug-likeness (QED) is 0.321. The fourth-order valence-corrected chi connectivity index (χ4v) is 5.67. The number of H-pyrrole nitrogens is 1. The molecule has 6 rings (SSSR count). The van der Waals surface area contributed by atoms with E-state index in [-0.39, 0.29) is 11.6 Å². The Morgan fingerprint density at radius 2 is 1.67 bits per heavy atom. The highest BCUT2D eigenvalue weighted by molar-refractivity contribution is 5.80. The molecule has 198 valence electrons. The molecule has 0 saturated carbocycles. The molecule has 0 spiro atoms. The molecule has 3 heterocycles. The van der Waals surface area contributed by atoms with Crippen molar-refractivity contribution in [1.82, 2.24) is 30.1 Å². The third kappa shape index (κ3) is 5.47. The number of benzene rings is 3. The lowest BCUT2D eigenvalue weighted by Crippen LogP contribution is -2.41. The topological polar surface area (TPSA) is 88.9 Å². The lowest BCUT2D eigenvalue weighted by molar-refractivity contribution is 0.143. The first-order chi connectivity index (χ1) is 19.2. The van der Waals surface area contributed by atoms with Gasteiger partial charge in [-0.25, -0.2) is 4.68 Å². The van der Waals surface area contributed by atoms with Gasteiger partial charge in [0.2, 0.25) is 0 Å². The van der Waals surface area contributed by atoms with Gasteiger partial charge in [0.05, 0.1) is 13.7 Å². The highest BCUT2D eigenvalue weighted by Gasteiger charge is 2.33. The fraction of sp³-hybridized carbons (Fsp3) is 0.290. The molecular formula is C31H32N6O2. The fourth-order valence-electron chi connectivity index (χ4n) is 5.67. The number of hydrogen-bond acceptors (Lipinski definition) is 6. The summed E-state index contributed by atoms with van der Waals surface area (Å²) in [4.78, 5) is 19.0. The molecule has 0 radical (unpaired) electrons. The summed E-state index contributed by atoms with van der Waals surface area (Å²) in [6.45, 7) is 2.25. The normalized spacial score (nSPS) is 15.4. The van der Waals surface area contributed by atoms with E-state index in [2.05, 4.69) is 67.9 Å². The van der Waals surface area contributed by atoms with Gasteiger partial charge < -0.3 is 9.72 Å². The second-order valence-corrected chi connectivity index (χ2v) is 10.3. The van der Waals surface area contributed by atoms with Crippen molar-refractivity contribution in [2.75, 3.05) is 20.2 Å². The minimum atomic E-state index is -0.374. The number of ether oxygens (including phenoxy) is 1. The molecule has 5 aromatic rings. The Hall–Kier alpha value is -4.30. The van der Waals surface area contributed by atoms with E-state index >= 15 is 0 Å². The number of nitrogens with zero attached hydrogens (tertiary/aromatic N) is 5. The van der Waals surface area contributed by atoms with Crippen molar-refractivity contribution in [2.24, 2.45) is 5.92 Å². The van der Waals surface area contributed by atoms with Gasteiger partial charge in [0, 0.05) is 16.5 Å². The molecule has 1 N–H and O–H groups in total. The number of aromatic nitrogens is 5. The van der Waals surface area contributed by atoms with Gasteiger partial charge in [-0.05, 0) is 84.1 Å². The van der Waals surface area contributed by atoms with E-state index in [1.807, 2.05) is 47.1 Å². The van der Waals surface area contributed by atoms with Gasteiger partial charge in [-0.15, -0.1) is 5.10 Å². The van der Waals surface area contributed by atoms with Gasteiger partial charge >= 0.3 is 0 Å². The molecule has 39 heavy (non-hydrogen) atoms. The van der Waals surface area contributed by atoms with Crippen LogP contribution in [0.3, 0.4) is 0 Å². The zero-order valence-electron chi connectivity index (χ0n) is 22.0. The second-order valence-electron chi connectivity index (χ2n) is 10.3. The summed E-state index contributed by atoms with van der Waals surface area (Å²) in [5, 5.41) is 13.8. The number of nitrogens with one attached hydrogen (secondary N) is 1. The molecule has 2 aromatic heterocycles. The minimum Gasteiger partial charge on any atom is -0.497 e. The largest absolute Gasteiger partial charge is 0.497 e. The Balaban J connectivity index is 1.36. The summed E-state index contributed by atoms with van der Waals surface area (Å²) in [6, 6.07) is 28.1. The molecule has 0 amide bonds. The average Bonchev–Trinajstić information content (AvgIpc) is 3.42. The Morgan fingerprint density at radius 3 is 2.38 bits per heavy atom. The summed E-state index contributed by atoms with van der Waals surface area (Å²) in [5.74, 6) is 2.02. The highest BCUT2D eigenvalue weighted by atomic mass is 16.5. The Bertz CT molecular complexity index is 1590. The number of aromatic amines is 1. The number of likely N-dealkylation sites (tertiary alicyclic amines) is 1. The third-order valence-corrected chi connectivity index (χ3v) is 7.74. The maximum atomic E-state index is 13.6. The van der Waals surface area contributed by atoms with E-state index in [1.54, 1.807) is 7.11 Å². The Morgan fingerprint density at radius 1 is 0.949 bits per heavy atom. The van der Waals surface area contributed by atoms with E-state index in [0.29, 0.717) is 23.9 Å². The van der Waals surface area contributed by atoms with Crippen LogP contribution in [-0.2, 0) is 13.0 Å². The summed E-state index contributed by atoms with van der Waals surface area (Å²) >= 11 is 0. The summed E-state index contributed by atoms with van der Waals surface area (Å²) < 4.78 is 7.27. The smallest absolute Gasteiger partial charge is 0.253 e. The first-order valence-electron chi connectivity index (χ1n) is 13.5. The van der Waals surface area contributed by atoms with Crippen LogP contribution in [0.15, 0.2) is 89.7 Å². The standard InChI is InChI=1S/C31H32N6O2/c1-39-26-12-13-28-25(19-26)20-27(31(38)32-28)29(30-33-34-35-37(30)21-24-10-6-3-7-11-24)36-16-14-23(15-17-36)18-22-8-4-2-5-9-22/h2-13,19-20,23,29H,14-18,21H2,1H3,(H,32,38)/t29-/m0/s1. The van der Waals surface area contributed by atoms with Crippen LogP contribution in [0.5, 0.6) is 5.75 Å². The van der Waals surface area contributed by atoms with Crippen LogP contribution in [0.1, 0.15) is 41.4 Å². The molecule has 1 aliphatic heterocycles. The van der Waals surface area contributed by atoms with Crippen molar-refractivity contribution in [3.63, 3.8) is 0 Å². The lowest BCUT2D eigenvalue weighted by atomic mass is 9.89. The number of pyridine rings is 1. The highest BCUT2D eigenvalue weighted by Crippen LogP contribution is 2.32. The zero-order valence-corrected chi connectivity index (χ0v) is 22.0. The molecule has 0 aliphatic carbocycles. The molecule has 8 heteroatoms. The molecule has 3 aromatic carbocycles. The maximum Gasteiger partial charge on any atom is 0.253 e. The zero-order chi connectivity index (χ0) is 26.6. The van der Waals surface area contributed by atoms with E-state index < -0.39 is 0 Å². The van der Waals surface area contributed by atoms with Crippen molar-refractivity contribution in [3.05, 3.63) is 118 Å². The minimum absolute atomic E-state index is 0.127. The number of methoxy groups -OCH3 is 1. The Labute approximate surface area is 227 Å². The monoisotopic (exact) mass is 520 g/mol. The van der Waals surface area contributed by atoms with E-state index in [9.17, 15) is 4.79 Å². The van der Waals surface area contributed by atoms with Crippen LogP contribution in [0.25, 0.3) is 10.9 Å². The SMILES string of the molecule is COc1ccc2[nH]c(=O)c([C@@H](c3nnnn3Cc3ccccc3)N3CCC(Cc4ccccc4)CC3)cc2c1.